The normalized spacial score (nSPS) is 18.2. The average Bonchev–Trinajstić information content (AvgIpc) is 2.64. The maximum atomic E-state index is 12.8. The number of pyridine rings is 1. The standard InChI is InChI=1S/C21H29N3O2/c1-14-7-8-18-19(12-15(2)23-20(18)16(14)3)21(26)22-9-11-24-10-5-4-6-17(24)13-25/h7-8,12,17,25H,4-6,9-11,13H2,1-3H3,(H,22,26). The van der Waals surface area contributed by atoms with Crippen LogP contribution in [0.3, 0.4) is 0 Å². The summed E-state index contributed by atoms with van der Waals surface area (Å²) in [7, 11) is 0. The second-order valence-corrected chi connectivity index (χ2v) is 7.34. The molecule has 1 fully saturated rings. The lowest BCUT2D eigenvalue weighted by Crippen LogP contribution is -2.45. The van der Waals surface area contributed by atoms with E-state index in [1.54, 1.807) is 0 Å². The molecule has 1 unspecified atom stereocenters. The summed E-state index contributed by atoms with van der Waals surface area (Å²) < 4.78 is 0. The monoisotopic (exact) mass is 355 g/mol. The number of carbonyl (C=O) groups excluding carboxylic acids is 1. The van der Waals surface area contributed by atoms with Crippen LogP contribution in [0.2, 0.25) is 0 Å². The highest BCUT2D eigenvalue weighted by atomic mass is 16.3. The van der Waals surface area contributed by atoms with E-state index in [-0.39, 0.29) is 18.6 Å². The third-order valence-corrected chi connectivity index (χ3v) is 5.52. The molecule has 2 aromatic rings. The van der Waals surface area contributed by atoms with Crippen molar-refractivity contribution in [2.75, 3.05) is 26.2 Å². The molecule has 1 aromatic carbocycles. The first-order valence-electron chi connectivity index (χ1n) is 9.52. The summed E-state index contributed by atoms with van der Waals surface area (Å²) in [6.45, 7) is 8.60. The lowest BCUT2D eigenvalue weighted by Gasteiger charge is -2.34. The van der Waals surface area contributed by atoms with Crippen LogP contribution >= 0.6 is 0 Å². The molecule has 0 saturated carbocycles. The van der Waals surface area contributed by atoms with E-state index < -0.39 is 0 Å². The first-order valence-corrected chi connectivity index (χ1v) is 9.52. The fourth-order valence-electron chi connectivity index (χ4n) is 3.81. The Morgan fingerprint density at radius 3 is 2.88 bits per heavy atom. The van der Waals surface area contributed by atoms with Gasteiger partial charge in [0, 0.05) is 30.2 Å². The minimum atomic E-state index is -0.0543. The van der Waals surface area contributed by atoms with Gasteiger partial charge in [-0.3, -0.25) is 14.7 Å². The van der Waals surface area contributed by atoms with Gasteiger partial charge in [0.25, 0.3) is 5.91 Å². The quantitative estimate of drug-likeness (QED) is 0.866. The van der Waals surface area contributed by atoms with Crippen LogP contribution < -0.4 is 5.32 Å². The fraction of sp³-hybridized carbons (Fsp3) is 0.524. The molecule has 26 heavy (non-hydrogen) atoms. The maximum Gasteiger partial charge on any atom is 0.252 e. The number of carbonyl (C=O) groups is 1. The van der Waals surface area contributed by atoms with Gasteiger partial charge in [0.1, 0.15) is 0 Å². The van der Waals surface area contributed by atoms with Gasteiger partial charge in [-0.15, -0.1) is 0 Å². The topological polar surface area (TPSA) is 65.5 Å². The number of aliphatic hydroxyl groups is 1. The van der Waals surface area contributed by atoms with Crippen LogP contribution in [-0.4, -0.2) is 53.2 Å². The highest BCUT2D eigenvalue weighted by Crippen LogP contribution is 2.24. The first kappa shape index (κ1) is 18.8. The number of benzene rings is 1. The van der Waals surface area contributed by atoms with E-state index in [0.29, 0.717) is 12.1 Å². The zero-order chi connectivity index (χ0) is 18.7. The Morgan fingerprint density at radius 2 is 2.12 bits per heavy atom. The zero-order valence-corrected chi connectivity index (χ0v) is 16.0. The number of hydrogen-bond acceptors (Lipinski definition) is 4. The van der Waals surface area contributed by atoms with Gasteiger partial charge in [0.2, 0.25) is 0 Å². The van der Waals surface area contributed by atoms with E-state index in [0.717, 1.165) is 48.1 Å². The first-order chi connectivity index (χ1) is 12.5. The number of nitrogens with zero attached hydrogens (tertiary/aromatic N) is 2. The van der Waals surface area contributed by atoms with E-state index >= 15 is 0 Å². The Kier molecular flexibility index (Phi) is 5.89. The number of likely N-dealkylation sites (tertiary alicyclic amines) is 1. The predicted molar refractivity (Wildman–Crippen MR) is 105 cm³/mol. The number of aliphatic hydroxyl groups excluding tert-OH is 1. The minimum Gasteiger partial charge on any atom is -0.395 e. The molecule has 0 spiro atoms. The number of aromatic nitrogens is 1. The SMILES string of the molecule is Cc1cc(C(=O)NCCN2CCCCC2CO)c2ccc(C)c(C)c2n1. The van der Waals surface area contributed by atoms with Gasteiger partial charge in [-0.2, -0.15) is 0 Å². The summed E-state index contributed by atoms with van der Waals surface area (Å²) in [5.74, 6) is -0.0543. The Morgan fingerprint density at radius 1 is 1.31 bits per heavy atom. The molecule has 1 atom stereocenters. The largest absolute Gasteiger partial charge is 0.395 e. The Balaban J connectivity index is 1.73. The average molecular weight is 355 g/mol. The van der Waals surface area contributed by atoms with E-state index in [4.69, 9.17) is 0 Å². The summed E-state index contributed by atoms with van der Waals surface area (Å²) in [6.07, 6.45) is 3.38. The molecule has 0 radical (unpaired) electrons. The molecule has 0 bridgehead atoms. The maximum absolute atomic E-state index is 12.8. The molecule has 2 N–H and O–H groups in total. The van der Waals surface area contributed by atoms with Crippen molar-refractivity contribution in [1.29, 1.82) is 0 Å². The Hall–Kier alpha value is -1.98. The molecule has 1 aliphatic heterocycles. The molecular weight excluding hydrogens is 326 g/mol. The summed E-state index contributed by atoms with van der Waals surface area (Å²) >= 11 is 0. The number of nitrogens with one attached hydrogen (secondary N) is 1. The van der Waals surface area contributed by atoms with Crippen LogP contribution in [0.15, 0.2) is 18.2 Å². The van der Waals surface area contributed by atoms with E-state index in [9.17, 15) is 9.90 Å². The molecule has 5 heteroatoms. The molecule has 1 aromatic heterocycles. The number of aryl methyl sites for hydroxylation is 3. The number of fused-ring (bicyclic) bond motifs is 1. The summed E-state index contributed by atoms with van der Waals surface area (Å²) in [5.41, 5.74) is 4.76. The molecular formula is C21H29N3O2. The van der Waals surface area contributed by atoms with Crippen molar-refractivity contribution >= 4 is 16.8 Å². The minimum absolute atomic E-state index is 0.0543. The summed E-state index contributed by atoms with van der Waals surface area (Å²) in [5, 5.41) is 13.5. The van der Waals surface area contributed by atoms with E-state index in [1.807, 2.05) is 25.1 Å². The lowest BCUT2D eigenvalue weighted by molar-refractivity contribution is 0.0850. The van der Waals surface area contributed by atoms with Gasteiger partial charge >= 0.3 is 0 Å². The zero-order valence-electron chi connectivity index (χ0n) is 16.0. The highest BCUT2D eigenvalue weighted by Gasteiger charge is 2.21. The molecule has 2 heterocycles. The van der Waals surface area contributed by atoms with Gasteiger partial charge in [-0.25, -0.2) is 0 Å². The number of piperidine rings is 1. The van der Waals surface area contributed by atoms with Crippen LogP contribution in [-0.2, 0) is 0 Å². The summed E-state index contributed by atoms with van der Waals surface area (Å²) in [6, 6.07) is 6.13. The van der Waals surface area contributed by atoms with Crippen LogP contribution in [0.4, 0.5) is 0 Å². The van der Waals surface area contributed by atoms with Crippen molar-refractivity contribution in [2.45, 2.75) is 46.1 Å². The lowest BCUT2D eigenvalue weighted by atomic mass is 10.0. The molecule has 5 nitrogen and oxygen atoms in total. The Labute approximate surface area is 155 Å². The van der Waals surface area contributed by atoms with Gasteiger partial charge in [0.15, 0.2) is 0 Å². The van der Waals surface area contributed by atoms with Gasteiger partial charge in [0.05, 0.1) is 17.7 Å². The highest BCUT2D eigenvalue weighted by molar-refractivity contribution is 6.07. The molecule has 1 amide bonds. The van der Waals surface area contributed by atoms with E-state index in [1.165, 1.54) is 12.0 Å². The smallest absolute Gasteiger partial charge is 0.252 e. The third kappa shape index (κ3) is 3.89. The third-order valence-electron chi connectivity index (χ3n) is 5.52. The number of rotatable bonds is 5. The van der Waals surface area contributed by atoms with Crippen LogP contribution in [0.5, 0.6) is 0 Å². The van der Waals surface area contributed by atoms with Crippen molar-refractivity contribution in [1.82, 2.24) is 15.2 Å². The van der Waals surface area contributed by atoms with E-state index in [2.05, 4.69) is 29.0 Å². The second-order valence-electron chi connectivity index (χ2n) is 7.34. The van der Waals surface area contributed by atoms with Crippen molar-refractivity contribution in [3.63, 3.8) is 0 Å². The molecule has 1 saturated heterocycles. The second kappa shape index (κ2) is 8.14. The van der Waals surface area contributed by atoms with Gasteiger partial charge < -0.3 is 10.4 Å². The van der Waals surface area contributed by atoms with Crippen LogP contribution in [0.1, 0.15) is 46.4 Å². The van der Waals surface area contributed by atoms with Gasteiger partial charge in [-0.1, -0.05) is 18.6 Å². The van der Waals surface area contributed by atoms with Gasteiger partial charge in [-0.05, 0) is 57.4 Å². The van der Waals surface area contributed by atoms with Crippen molar-refractivity contribution in [3.05, 3.63) is 40.6 Å². The molecule has 3 rings (SSSR count). The van der Waals surface area contributed by atoms with Crippen molar-refractivity contribution < 1.29 is 9.90 Å². The predicted octanol–water partition coefficient (Wildman–Crippen LogP) is 2.74. The van der Waals surface area contributed by atoms with Crippen molar-refractivity contribution in [3.8, 4) is 0 Å². The van der Waals surface area contributed by atoms with Crippen molar-refractivity contribution in [2.24, 2.45) is 0 Å². The molecule has 140 valence electrons. The molecule has 0 aliphatic carbocycles. The van der Waals surface area contributed by atoms with Crippen LogP contribution in [0.25, 0.3) is 10.9 Å². The fourth-order valence-corrected chi connectivity index (χ4v) is 3.81. The summed E-state index contributed by atoms with van der Waals surface area (Å²) in [4.78, 5) is 19.7. The number of amides is 1. The van der Waals surface area contributed by atoms with Crippen LogP contribution in [0, 0.1) is 20.8 Å². The molecule has 1 aliphatic rings. The Bertz CT molecular complexity index is 803. The number of hydrogen-bond donors (Lipinski definition) is 2.